The molecule has 178 valence electrons. The SMILES string of the molecule is CC(C)Oc1ccc2c(C=O)c(C(C)C)n(Cc3ccccn3)c2c1.CNCc1cccnc1. The highest BCUT2D eigenvalue weighted by Gasteiger charge is 2.20. The molecule has 0 fully saturated rings. The van der Waals surface area contributed by atoms with Gasteiger partial charge in [-0.05, 0) is 62.7 Å². The number of hydrogen-bond acceptors (Lipinski definition) is 5. The number of benzene rings is 1. The largest absolute Gasteiger partial charge is 0.491 e. The standard InChI is InChI=1S/C21H24N2O2.C7H10N2/c1-14(2)21-19(13-24)18-9-8-17(25-15(3)4)11-20(18)23(21)12-16-7-5-6-10-22-16;1-8-5-7-3-2-4-9-6-7/h5-11,13-15H,12H2,1-4H3;2-4,6,8H,5H2,1H3. The van der Waals surface area contributed by atoms with Gasteiger partial charge in [0.05, 0.1) is 23.9 Å². The fourth-order valence-electron chi connectivity index (χ4n) is 4.00. The van der Waals surface area contributed by atoms with Crippen LogP contribution >= 0.6 is 0 Å². The van der Waals surface area contributed by atoms with Crippen molar-refractivity contribution in [2.24, 2.45) is 0 Å². The topological polar surface area (TPSA) is 69.0 Å². The van der Waals surface area contributed by atoms with Crippen LogP contribution < -0.4 is 10.1 Å². The molecule has 0 aliphatic rings. The van der Waals surface area contributed by atoms with E-state index in [0.717, 1.165) is 46.4 Å². The molecule has 34 heavy (non-hydrogen) atoms. The highest BCUT2D eigenvalue weighted by atomic mass is 16.5. The predicted octanol–water partition coefficient (Wildman–Crippen LogP) is 5.61. The third-order valence-electron chi connectivity index (χ3n) is 5.30. The summed E-state index contributed by atoms with van der Waals surface area (Å²) in [5, 5.41) is 4.01. The first-order chi connectivity index (χ1) is 16.4. The monoisotopic (exact) mass is 458 g/mol. The summed E-state index contributed by atoms with van der Waals surface area (Å²) in [6.45, 7) is 9.77. The summed E-state index contributed by atoms with van der Waals surface area (Å²) in [7, 11) is 1.92. The first-order valence-electron chi connectivity index (χ1n) is 11.7. The molecule has 4 rings (SSSR count). The molecule has 0 saturated carbocycles. The lowest BCUT2D eigenvalue weighted by molar-refractivity contribution is 0.112. The number of nitrogens with zero attached hydrogens (tertiary/aromatic N) is 3. The number of carbonyl (C=O) groups excluding carboxylic acids is 1. The van der Waals surface area contributed by atoms with Crippen molar-refractivity contribution in [2.75, 3.05) is 7.05 Å². The van der Waals surface area contributed by atoms with Crippen LogP contribution in [0.4, 0.5) is 0 Å². The number of rotatable bonds is 8. The van der Waals surface area contributed by atoms with E-state index in [1.165, 1.54) is 5.56 Å². The van der Waals surface area contributed by atoms with Crippen molar-refractivity contribution in [2.45, 2.75) is 52.8 Å². The molecule has 0 unspecified atom stereocenters. The summed E-state index contributed by atoms with van der Waals surface area (Å²) in [6.07, 6.45) is 6.50. The summed E-state index contributed by atoms with van der Waals surface area (Å²) in [4.78, 5) is 20.2. The van der Waals surface area contributed by atoms with E-state index in [2.05, 4.69) is 33.7 Å². The second kappa shape index (κ2) is 12.1. The van der Waals surface area contributed by atoms with Gasteiger partial charge >= 0.3 is 0 Å². The van der Waals surface area contributed by atoms with Crippen molar-refractivity contribution < 1.29 is 9.53 Å². The third kappa shape index (κ3) is 6.29. The Morgan fingerprint density at radius 2 is 1.88 bits per heavy atom. The van der Waals surface area contributed by atoms with E-state index in [0.29, 0.717) is 6.54 Å². The van der Waals surface area contributed by atoms with Gasteiger partial charge in [-0.15, -0.1) is 0 Å². The highest BCUT2D eigenvalue weighted by molar-refractivity contribution is 6.00. The predicted molar refractivity (Wildman–Crippen MR) is 138 cm³/mol. The quantitative estimate of drug-likeness (QED) is 0.348. The molecule has 1 N–H and O–H groups in total. The molecular weight excluding hydrogens is 424 g/mol. The van der Waals surface area contributed by atoms with Crippen LogP contribution in [0.1, 0.15) is 60.9 Å². The van der Waals surface area contributed by atoms with Gasteiger partial charge in [0, 0.05) is 47.8 Å². The molecule has 0 aliphatic heterocycles. The Morgan fingerprint density at radius 3 is 2.47 bits per heavy atom. The van der Waals surface area contributed by atoms with E-state index in [1.807, 2.05) is 75.6 Å². The maximum atomic E-state index is 11.8. The van der Waals surface area contributed by atoms with E-state index in [1.54, 1.807) is 12.4 Å². The van der Waals surface area contributed by atoms with Crippen molar-refractivity contribution in [3.63, 3.8) is 0 Å². The Hall–Kier alpha value is -3.51. The Bertz CT molecular complexity index is 1190. The Balaban J connectivity index is 0.000000302. The lowest BCUT2D eigenvalue weighted by Gasteiger charge is -2.14. The summed E-state index contributed by atoms with van der Waals surface area (Å²) < 4.78 is 8.05. The number of aromatic nitrogens is 3. The second-order valence-electron chi connectivity index (χ2n) is 8.72. The zero-order valence-corrected chi connectivity index (χ0v) is 20.7. The number of fused-ring (bicyclic) bond motifs is 1. The molecule has 3 heterocycles. The van der Waals surface area contributed by atoms with Crippen LogP contribution in [0.2, 0.25) is 0 Å². The van der Waals surface area contributed by atoms with E-state index >= 15 is 0 Å². The van der Waals surface area contributed by atoms with Gasteiger partial charge in [0.1, 0.15) is 5.75 Å². The molecule has 0 bridgehead atoms. The fourth-order valence-corrected chi connectivity index (χ4v) is 4.00. The van der Waals surface area contributed by atoms with Gasteiger partial charge in [-0.25, -0.2) is 0 Å². The lowest BCUT2D eigenvalue weighted by Crippen LogP contribution is -2.09. The maximum absolute atomic E-state index is 11.8. The lowest BCUT2D eigenvalue weighted by atomic mass is 10.0. The van der Waals surface area contributed by atoms with E-state index in [-0.39, 0.29) is 12.0 Å². The van der Waals surface area contributed by atoms with E-state index in [9.17, 15) is 4.79 Å². The first-order valence-corrected chi connectivity index (χ1v) is 11.7. The van der Waals surface area contributed by atoms with Gasteiger partial charge in [0.2, 0.25) is 0 Å². The normalized spacial score (nSPS) is 10.9. The minimum absolute atomic E-state index is 0.103. The zero-order valence-electron chi connectivity index (χ0n) is 20.7. The van der Waals surface area contributed by atoms with Gasteiger partial charge < -0.3 is 14.6 Å². The van der Waals surface area contributed by atoms with Gasteiger partial charge in [-0.2, -0.15) is 0 Å². The molecule has 0 aliphatic carbocycles. The minimum atomic E-state index is 0.103. The fraction of sp³-hybridized carbons (Fsp3) is 0.321. The average molecular weight is 459 g/mol. The average Bonchev–Trinajstić information content (AvgIpc) is 3.13. The number of hydrogen-bond donors (Lipinski definition) is 1. The summed E-state index contributed by atoms with van der Waals surface area (Å²) >= 11 is 0. The van der Waals surface area contributed by atoms with Crippen LogP contribution in [0.25, 0.3) is 10.9 Å². The maximum Gasteiger partial charge on any atom is 0.152 e. The smallest absolute Gasteiger partial charge is 0.152 e. The molecule has 0 saturated heterocycles. The number of aldehydes is 1. The number of nitrogens with one attached hydrogen (secondary N) is 1. The molecule has 6 nitrogen and oxygen atoms in total. The highest BCUT2D eigenvalue weighted by Crippen LogP contribution is 2.33. The van der Waals surface area contributed by atoms with Crippen LogP contribution in [0, 0.1) is 0 Å². The number of carbonyl (C=O) groups is 1. The van der Waals surface area contributed by atoms with Gasteiger partial charge in [0.15, 0.2) is 6.29 Å². The minimum Gasteiger partial charge on any atom is -0.491 e. The third-order valence-corrected chi connectivity index (χ3v) is 5.30. The number of ether oxygens (including phenoxy) is 1. The Kier molecular flexibility index (Phi) is 8.93. The van der Waals surface area contributed by atoms with Gasteiger partial charge in [0.25, 0.3) is 0 Å². The van der Waals surface area contributed by atoms with Crippen molar-refractivity contribution in [1.29, 1.82) is 0 Å². The van der Waals surface area contributed by atoms with Crippen LogP contribution in [-0.2, 0) is 13.1 Å². The molecule has 0 radical (unpaired) electrons. The Morgan fingerprint density at radius 1 is 1.06 bits per heavy atom. The first kappa shape index (κ1) is 25.1. The van der Waals surface area contributed by atoms with Gasteiger partial charge in [-0.1, -0.05) is 26.0 Å². The van der Waals surface area contributed by atoms with Crippen LogP contribution in [0.5, 0.6) is 5.75 Å². The summed E-state index contributed by atoms with van der Waals surface area (Å²) in [5.74, 6) is 1.04. The molecule has 0 spiro atoms. The molecule has 0 atom stereocenters. The van der Waals surface area contributed by atoms with Crippen LogP contribution in [-0.4, -0.2) is 34.0 Å². The van der Waals surface area contributed by atoms with Gasteiger partial charge in [-0.3, -0.25) is 14.8 Å². The van der Waals surface area contributed by atoms with Crippen LogP contribution in [0.3, 0.4) is 0 Å². The van der Waals surface area contributed by atoms with Crippen molar-refractivity contribution in [3.8, 4) is 5.75 Å². The van der Waals surface area contributed by atoms with Crippen molar-refractivity contribution in [1.82, 2.24) is 19.9 Å². The van der Waals surface area contributed by atoms with Crippen LogP contribution in [0.15, 0.2) is 67.1 Å². The second-order valence-corrected chi connectivity index (χ2v) is 8.72. The molecule has 4 aromatic rings. The molecule has 6 heteroatoms. The molecule has 3 aromatic heterocycles. The zero-order chi connectivity index (χ0) is 24.5. The summed E-state index contributed by atoms with van der Waals surface area (Å²) in [5.41, 5.74) is 5.00. The number of pyridine rings is 2. The Labute approximate surface area is 202 Å². The van der Waals surface area contributed by atoms with Crippen molar-refractivity contribution in [3.05, 3.63) is 89.6 Å². The molecule has 0 amide bonds. The van der Waals surface area contributed by atoms with E-state index < -0.39 is 0 Å². The van der Waals surface area contributed by atoms with E-state index in [4.69, 9.17) is 4.74 Å². The summed E-state index contributed by atoms with van der Waals surface area (Å²) in [6, 6.07) is 15.8. The molecule has 1 aromatic carbocycles. The van der Waals surface area contributed by atoms with Crippen molar-refractivity contribution >= 4 is 17.2 Å². The molecular formula is C28H34N4O2.